The molecule has 0 saturated carbocycles. The number of hydrogen-bond donors (Lipinski definition) is 1. The Kier molecular flexibility index (Phi) is 13.7. The lowest BCUT2D eigenvalue weighted by Crippen LogP contribution is -2.52. The number of halogens is 3. The van der Waals surface area contributed by atoms with Crippen LogP contribution in [0.2, 0.25) is 15.1 Å². The van der Waals surface area contributed by atoms with Crippen molar-refractivity contribution in [3.8, 4) is 17.2 Å². The first kappa shape index (κ1) is 37.1. The van der Waals surface area contributed by atoms with Crippen molar-refractivity contribution in [2.24, 2.45) is 0 Å². The Morgan fingerprint density at radius 3 is 2.09 bits per heavy atom. The number of carbonyl (C=O) groups excluding carboxylic acids is 2. The van der Waals surface area contributed by atoms with E-state index in [1.165, 1.54) is 62.6 Å². The Morgan fingerprint density at radius 1 is 0.870 bits per heavy atom. The number of hydrogen-bond acceptors (Lipinski definition) is 7. The van der Waals surface area contributed by atoms with Gasteiger partial charge in [-0.2, -0.15) is 0 Å². The second-order valence-electron chi connectivity index (χ2n) is 10.1. The zero-order valence-electron chi connectivity index (χ0n) is 26.3. The molecule has 0 spiro atoms. The molecule has 0 unspecified atom stereocenters. The Labute approximate surface area is 285 Å². The molecule has 0 saturated heterocycles. The molecule has 0 aromatic heterocycles. The molecule has 46 heavy (non-hydrogen) atoms. The van der Waals surface area contributed by atoms with Gasteiger partial charge in [-0.3, -0.25) is 13.9 Å². The molecular weight excluding hydrogens is 677 g/mol. The fraction of sp³-hybridized carbons (Fsp3) is 0.375. The molecule has 1 atom stereocenters. The molecule has 0 bridgehead atoms. The topological polar surface area (TPSA) is 114 Å². The summed E-state index contributed by atoms with van der Waals surface area (Å²) in [6.07, 6.45) is 1.84. The number of amides is 2. The first-order chi connectivity index (χ1) is 21.9. The average molecular weight is 715 g/mol. The molecule has 0 radical (unpaired) electrons. The SMILES string of the molecule is CCCCNC(=O)[C@H](CC)N(Cc1c(Cl)cccc1Cl)C(=O)CN(c1cc(Cl)ccc1OC)S(=O)(=O)c1ccc(OC)c(OC)c1. The first-order valence-corrected chi connectivity index (χ1v) is 17.1. The molecule has 0 aliphatic heterocycles. The summed E-state index contributed by atoms with van der Waals surface area (Å²) < 4.78 is 45.8. The molecule has 1 N–H and O–H groups in total. The van der Waals surface area contributed by atoms with Crippen LogP contribution in [0.3, 0.4) is 0 Å². The molecule has 0 aliphatic rings. The maximum absolute atomic E-state index is 14.4. The van der Waals surface area contributed by atoms with Crippen LogP contribution in [0.5, 0.6) is 17.2 Å². The van der Waals surface area contributed by atoms with Crippen molar-refractivity contribution in [2.45, 2.75) is 50.6 Å². The molecule has 14 heteroatoms. The number of nitrogens with one attached hydrogen (secondary N) is 1. The molecule has 0 heterocycles. The van der Waals surface area contributed by atoms with Crippen LogP contribution >= 0.6 is 34.8 Å². The standard InChI is InChI=1S/C32H38Cl3N3O7S/c1-6-8-16-36-32(40)26(7-2)37(19-23-24(34)10-9-11-25(23)35)31(39)20-38(27-17-21(33)12-14-28(27)43-3)46(41,42)22-13-15-29(44-4)30(18-22)45-5/h9-15,17-18,26H,6-8,16,19-20H2,1-5H3,(H,36,40)/t26-/m0/s1. The third kappa shape index (κ3) is 8.70. The summed E-state index contributed by atoms with van der Waals surface area (Å²) in [6.45, 7) is 3.29. The van der Waals surface area contributed by atoms with E-state index >= 15 is 0 Å². The Hall–Kier alpha value is -3.38. The lowest BCUT2D eigenvalue weighted by molar-refractivity contribution is -0.140. The summed E-state index contributed by atoms with van der Waals surface area (Å²) in [5, 5.41) is 3.67. The maximum Gasteiger partial charge on any atom is 0.265 e. The first-order valence-electron chi connectivity index (χ1n) is 14.5. The highest BCUT2D eigenvalue weighted by atomic mass is 35.5. The minimum absolute atomic E-state index is 0.00862. The molecule has 250 valence electrons. The van der Waals surface area contributed by atoms with E-state index in [1.807, 2.05) is 6.92 Å². The van der Waals surface area contributed by atoms with Gasteiger partial charge in [0, 0.05) is 39.8 Å². The van der Waals surface area contributed by atoms with Crippen molar-refractivity contribution in [2.75, 3.05) is 38.7 Å². The van der Waals surface area contributed by atoms with Gasteiger partial charge >= 0.3 is 0 Å². The van der Waals surface area contributed by atoms with Crippen LogP contribution in [0.1, 0.15) is 38.7 Å². The number of nitrogens with zero attached hydrogens (tertiary/aromatic N) is 2. The van der Waals surface area contributed by atoms with E-state index in [9.17, 15) is 18.0 Å². The third-order valence-electron chi connectivity index (χ3n) is 7.24. The lowest BCUT2D eigenvalue weighted by atomic mass is 10.1. The number of methoxy groups -OCH3 is 3. The van der Waals surface area contributed by atoms with E-state index in [0.29, 0.717) is 17.9 Å². The van der Waals surface area contributed by atoms with Crippen LogP contribution in [-0.2, 0) is 26.2 Å². The minimum atomic E-state index is -4.49. The highest BCUT2D eigenvalue weighted by molar-refractivity contribution is 7.92. The predicted octanol–water partition coefficient (Wildman–Crippen LogP) is 6.59. The van der Waals surface area contributed by atoms with Crippen molar-refractivity contribution in [3.63, 3.8) is 0 Å². The number of benzene rings is 3. The van der Waals surface area contributed by atoms with Crippen LogP contribution in [0.4, 0.5) is 5.69 Å². The zero-order chi connectivity index (χ0) is 34.0. The van der Waals surface area contributed by atoms with Crippen molar-refractivity contribution in [1.82, 2.24) is 10.2 Å². The predicted molar refractivity (Wildman–Crippen MR) is 181 cm³/mol. The monoisotopic (exact) mass is 713 g/mol. The van der Waals surface area contributed by atoms with Crippen LogP contribution in [-0.4, -0.2) is 65.6 Å². The third-order valence-corrected chi connectivity index (χ3v) is 9.94. The Morgan fingerprint density at radius 2 is 1.50 bits per heavy atom. The number of unbranched alkanes of at least 4 members (excludes halogenated alkanes) is 1. The number of sulfonamides is 1. The van der Waals surface area contributed by atoms with E-state index in [0.717, 1.165) is 17.1 Å². The summed E-state index contributed by atoms with van der Waals surface area (Å²) in [5.74, 6) is -0.460. The molecule has 3 aromatic carbocycles. The van der Waals surface area contributed by atoms with Crippen LogP contribution in [0, 0.1) is 0 Å². The van der Waals surface area contributed by atoms with Gasteiger partial charge in [-0.05, 0) is 55.3 Å². The summed E-state index contributed by atoms with van der Waals surface area (Å²) in [5.41, 5.74) is 0.419. The van der Waals surface area contributed by atoms with Gasteiger partial charge < -0.3 is 24.4 Å². The molecule has 3 aromatic rings. The minimum Gasteiger partial charge on any atom is -0.495 e. The Balaban J connectivity index is 2.19. The molecule has 0 aliphatic carbocycles. The van der Waals surface area contributed by atoms with Gasteiger partial charge in [-0.1, -0.05) is 61.1 Å². The maximum atomic E-state index is 14.4. The molecular formula is C32H38Cl3N3O7S. The van der Waals surface area contributed by atoms with E-state index < -0.39 is 28.5 Å². The second kappa shape index (κ2) is 17.0. The van der Waals surface area contributed by atoms with Gasteiger partial charge in [0.15, 0.2) is 11.5 Å². The van der Waals surface area contributed by atoms with E-state index in [4.69, 9.17) is 49.0 Å². The lowest BCUT2D eigenvalue weighted by Gasteiger charge is -2.34. The normalized spacial score (nSPS) is 11.8. The largest absolute Gasteiger partial charge is 0.495 e. The smallest absolute Gasteiger partial charge is 0.265 e. The second-order valence-corrected chi connectivity index (χ2v) is 13.2. The van der Waals surface area contributed by atoms with Crippen molar-refractivity contribution >= 4 is 62.3 Å². The van der Waals surface area contributed by atoms with Crippen LogP contribution in [0.15, 0.2) is 59.5 Å². The van der Waals surface area contributed by atoms with Crippen LogP contribution < -0.4 is 23.8 Å². The van der Waals surface area contributed by atoms with Gasteiger partial charge in [-0.25, -0.2) is 8.42 Å². The number of rotatable bonds is 16. The van der Waals surface area contributed by atoms with E-state index in [1.54, 1.807) is 25.1 Å². The average Bonchev–Trinajstić information content (AvgIpc) is 3.04. The summed E-state index contributed by atoms with van der Waals surface area (Å²) >= 11 is 19.3. The van der Waals surface area contributed by atoms with Crippen LogP contribution in [0.25, 0.3) is 0 Å². The molecule has 0 fully saturated rings. The summed E-state index contributed by atoms with van der Waals surface area (Å²) in [4.78, 5) is 29.0. The molecule has 2 amide bonds. The number of carbonyl (C=O) groups is 2. The number of ether oxygens (including phenoxy) is 3. The fourth-order valence-electron chi connectivity index (χ4n) is 4.75. The van der Waals surface area contributed by atoms with E-state index in [2.05, 4.69) is 5.32 Å². The summed E-state index contributed by atoms with van der Waals surface area (Å²) in [7, 11) is -0.314. The van der Waals surface area contributed by atoms with Crippen molar-refractivity contribution in [3.05, 3.63) is 75.2 Å². The highest BCUT2D eigenvalue weighted by Crippen LogP contribution is 2.37. The molecule has 10 nitrogen and oxygen atoms in total. The zero-order valence-corrected chi connectivity index (χ0v) is 29.4. The van der Waals surface area contributed by atoms with Crippen molar-refractivity contribution < 1.29 is 32.2 Å². The van der Waals surface area contributed by atoms with Gasteiger partial charge in [0.1, 0.15) is 18.3 Å². The molecule has 3 rings (SSSR count). The van der Waals surface area contributed by atoms with Gasteiger partial charge in [-0.15, -0.1) is 0 Å². The van der Waals surface area contributed by atoms with Gasteiger partial charge in [0.2, 0.25) is 11.8 Å². The fourth-order valence-corrected chi connectivity index (χ4v) is 6.87. The van der Waals surface area contributed by atoms with Gasteiger partial charge in [0.25, 0.3) is 10.0 Å². The van der Waals surface area contributed by atoms with E-state index in [-0.39, 0.29) is 56.0 Å². The summed E-state index contributed by atoms with van der Waals surface area (Å²) in [6, 6.07) is 12.4. The van der Waals surface area contributed by atoms with Gasteiger partial charge in [0.05, 0.1) is 31.9 Å². The Bertz CT molecular complexity index is 1620. The van der Waals surface area contributed by atoms with Crippen molar-refractivity contribution in [1.29, 1.82) is 0 Å². The quantitative estimate of drug-likeness (QED) is 0.167. The highest BCUT2D eigenvalue weighted by Gasteiger charge is 2.35. The number of anilines is 1.